The Hall–Kier alpha value is -4.63. The van der Waals surface area contributed by atoms with Crippen LogP contribution in [-0.2, 0) is 29.6 Å². The van der Waals surface area contributed by atoms with Gasteiger partial charge in [-0.2, -0.15) is 0 Å². The number of fused-ring (bicyclic) bond motifs is 2. The molecule has 2 N–H and O–H groups in total. The van der Waals surface area contributed by atoms with Crippen molar-refractivity contribution < 1.29 is 24.2 Å². The van der Waals surface area contributed by atoms with Crippen LogP contribution < -0.4 is 15.0 Å². The van der Waals surface area contributed by atoms with Gasteiger partial charge < -0.3 is 29.5 Å². The molecular formula is C32H32N4O5. The van der Waals surface area contributed by atoms with Crippen molar-refractivity contribution >= 4 is 34.3 Å². The fourth-order valence-corrected chi connectivity index (χ4v) is 6.06. The molecular weight excluding hydrogens is 520 g/mol. The largest absolute Gasteiger partial charge is 0.496 e. The number of likely N-dealkylation sites (tertiary alicyclic amines) is 1. The number of anilines is 1. The van der Waals surface area contributed by atoms with Gasteiger partial charge in [0.2, 0.25) is 11.8 Å². The molecule has 6 rings (SSSR count). The lowest BCUT2D eigenvalue weighted by Gasteiger charge is -2.35. The number of aromatic nitrogens is 1. The van der Waals surface area contributed by atoms with E-state index in [4.69, 9.17) is 4.74 Å². The number of carbonyl (C=O) groups excluding carboxylic acids is 3. The Balaban J connectivity index is 1.25. The summed E-state index contributed by atoms with van der Waals surface area (Å²) in [6.07, 6.45) is 1.35. The maximum Gasteiger partial charge on any atom is 0.256 e. The second-order valence-corrected chi connectivity index (χ2v) is 10.7. The predicted molar refractivity (Wildman–Crippen MR) is 155 cm³/mol. The van der Waals surface area contributed by atoms with Gasteiger partial charge in [0.05, 0.1) is 25.3 Å². The van der Waals surface area contributed by atoms with Crippen molar-refractivity contribution in [2.24, 2.45) is 7.05 Å². The second kappa shape index (κ2) is 10.7. The molecule has 2 aliphatic heterocycles. The number of aryl methyl sites for hydroxylation is 1. The van der Waals surface area contributed by atoms with E-state index in [0.717, 1.165) is 27.7 Å². The third-order valence-electron chi connectivity index (χ3n) is 8.08. The first-order valence-corrected chi connectivity index (χ1v) is 13.7. The number of methoxy groups -OCH3 is 1. The molecule has 9 heteroatoms. The molecule has 3 heterocycles. The number of ether oxygens (including phenoxy) is 1. The minimum absolute atomic E-state index is 0.0432. The summed E-state index contributed by atoms with van der Waals surface area (Å²) in [7, 11) is 3.46. The number of hydrogen-bond acceptors (Lipinski definition) is 5. The number of carbonyl (C=O) groups is 3. The molecule has 0 unspecified atom stereocenters. The van der Waals surface area contributed by atoms with Crippen molar-refractivity contribution in [3.8, 4) is 5.75 Å². The summed E-state index contributed by atoms with van der Waals surface area (Å²) >= 11 is 0. The molecule has 1 aromatic heterocycles. The van der Waals surface area contributed by atoms with Crippen molar-refractivity contribution in [2.45, 2.75) is 37.6 Å². The van der Waals surface area contributed by atoms with Crippen molar-refractivity contribution in [3.63, 3.8) is 0 Å². The van der Waals surface area contributed by atoms with Crippen LogP contribution in [0.15, 0.2) is 79.0 Å². The number of aliphatic hydroxyl groups is 1. The third-order valence-corrected chi connectivity index (χ3v) is 8.08. The van der Waals surface area contributed by atoms with Gasteiger partial charge in [0.1, 0.15) is 17.8 Å². The molecule has 1 fully saturated rings. The summed E-state index contributed by atoms with van der Waals surface area (Å²) in [6.45, 7) is 0.321. The van der Waals surface area contributed by atoms with Gasteiger partial charge in [0.15, 0.2) is 0 Å². The van der Waals surface area contributed by atoms with Crippen LogP contribution >= 0.6 is 0 Å². The molecule has 210 valence electrons. The van der Waals surface area contributed by atoms with Crippen LogP contribution in [-0.4, -0.2) is 64.1 Å². The quantitative estimate of drug-likeness (QED) is 0.383. The number of amides is 3. The van der Waals surface area contributed by atoms with Gasteiger partial charge in [0, 0.05) is 54.8 Å². The van der Waals surface area contributed by atoms with Crippen LogP contribution in [0.1, 0.15) is 27.9 Å². The first-order chi connectivity index (χ1) is 19.9. The van der Waals surface area contributed by atoms with Crippen molar-refractivity contribution in [1.82, 2.24) is 14.8 Å². The molecule has 2 aliphatic rings. The van der Waals surface area contributed by atoms with Gasteiger partial charge in [-0.25, -0.2) is 0 Å². The Kier molecular flexibility index (Phi) is 6.96. The Morgan fingerprint density at radius 3 is 2.59 bits per heavy atom. The van der Waals surface area contributed by atoms with E-state index in [0.29, 0.717) is 17.7 Å². The standard InChI is InChI=1S/C32H32N4O5/c1-34-19-24(23-11-5-7-13-27(23)34)31(39)36-18-22(37)16-28(36)30(38)33-25-15-20-9-3-6-12-26(20)35(32(25)40)17-21-10-4-8-14-29(21)41-2/h3-14,19,22,25,28,37H,15-18H2,1-2H3,(H,33,38)/t22-,25-,28+/m1/s1. The summed E-state index contributed by atoms with van der Waals surface area (Å²) in [5.41, 5.74) is 3.94. The van der Waals surface area contributed by atoms with Gasteiger partial charge in [-0.15, -0.1) is 0 Å². The van der Waals surface area contributed by atoms with E-state index in [1.54, 1.807) is 18.2 Å². The molecule has 41 heavy (non-hydrogen) atoms. The van der Waals surface area contributed by atoms with E-state index in [1.165, 1.54) is 4.90 Å². The van der Waals surface area contributed by atoms with Gasteiger partial charge in [-0.05, 0) is 23.8 Å². The Bertz CT molecular complexity index is 1650. The lowest BCUT2D eigenvalue weighted by Crippen LogP contribution is -2.56. The summed E-state index contributed by atoms with van der Waals surface area (Å²) in [6, 6.07) is 21.0. The van der Waals surface area contributed by atoms with E-state index in [1.807, 2.05) is 84.4 Å². The molecule has 1 saturated heterocycles. The average molecular weight is 553 g/mol. The van der Waals surface area contributed by atoms with E-state index < -0.39 is 24.1 Å². The molecule has 0 bridgehead atoms. The number of aliphatic hydroxyl groups excluding tert-OH is 1. The highest BCUT2D eigenvalue weighted by Crippen LogP contribution is 2.32. The predicted octanol–water partition coefficient (Wildman–Crippen LogP) is 3.04. The fourth-order valence-electron chi connectivity index (χ4n) is 6.06. The topological polar surface area (TPSA) is 104 Å². The number of nitrogens with one attached hydrogen (secondary N) is 1. The van der Waals surface area contributed by atoms with E-state index in [2.05, 4.69) is 5.32 Å². The number of para-hydroxylation sites is 3. The minimum atomic E-state index is -0.899. The molecule has 9 nitrogen and oxygen atoms in total. The maximum absolute atomic E-state index is 13.8. The number of β-amino-alcohol motifs (C(OH)–C–C–N with tert-alkyl or cyclic N) is 1. The zero-order chi connectivity index (χ0) is 28.7. The average Bonchev–Trinajstić information content (AvgIpc) is 3.55. The highest BCUT2D eigenvalue weighted by molar-refractivity contribution is 6.09. The Morgan fingerprint density at radius 1 is 1.02 bits per heavy atom. The molecule has 0 saturated carbocycles. The van der Waals surface area contributed by atoms with E-state index in [-0.39, 0.29) is 31.3 Å². The van der Waals surface area contributed by atoms with E-state index in [9.17, 15) is 19.5 Å². The lowest BCUT2D eigenvalue weighted by atomic mass is 9.96. The van der Waals surface area contributed by atoms with Crippen LogP contribution in [0, 0.1) is 0 Å². The van der Waals surface area contributed by atoms with Gasteiger partial charge in [-0.3, -0.25) is 14.4 Å². The summed E-state index contributed by atoms with van der Waals surface area (Å²) < 4.78 is 7.38. The van der Waals surface area contributed by atoms with Gasteiger partial charge in [0.25, 0.3) is 5.91 Å². The minimum Gasteiger partial charge on any atom is -0.496 e. The smallest absolute Gasteiger partial charge is 0.256 e. The first kappa shape index (κ1) is 26.6. The van der Waals surface area contributed by atoms with E-state index >= 15 is 0 Å². The fraction of sp³-hybridized carbons (Fsp3) is 0.281. The number of benzene rings is 3. The van der Waals surface area contributed by atoms with Crippen LogP contribution in [0.4, 0.5) is 5.69 Å². The number of hydrogen-bond donors (Lipinski definition) is 2. The molecule has 3 amide bonds. The Labute approximate surface area is 237 Å². The van der Waals surface area contributed by atoms with Gasteiger partial charge in [-0.1, -0.05) is 54.6 Å². The molecule has 3 aromatic carbocycles. The van der Waals surface area contributed by atoms with Crippen LogP contribution in [0.5, 0.6) is 5.75 Å². The number of rotatable bonds is 6. The van der Waals surface area contributed by atoms with Crippen molar-refractivity contribution in [3.05, 3.63) is 95.7 Å². The summed E-state index contributed by atoms with van der Waals surface area (Å²) in [5, 5.41) is 14.2. The van der Waals surface area contributed by atoms with Gasteiger partial charge >= 0.3 is 0 Å². The molecule has 4 aromatic rings. The monoisotopic (exact) mass is 552 g/mol. The second-order valence-electron chi connectivity index (χ2n) is 10.7. The molecule has 0 spiro atoms. The maximum atomic E-state index is 13.8. The highest BCUT2D eigenvalue weighted by Gasteiger charge is 2.42. The first-order valence-electron chi connectivity index (χ1n) is 13.7. The summed E-state index contributed by atoms with van der Waals surface area (Å²) in [5.74, 6) is -0.346. The molecule has 3 atom stereocenters. The zero-order valence-corrected chi connectivity index (χ0v) is 23.0. The third kappa shape index (κ3) is 4.82. The van der Waals surface area contributed by atoms with Crippen LogP contribution in [0.3, 0.4) is 0 Å². The summed E-state index contributed by atoms with van der Waals surface area (Å²) in [4.78, 5) is 44.3. The zero-order valence-electron chi connectivity index (χ0n) is 23.0. The highest BCUT2D eigenvalue weighted by atomic mass is 16.5. The number of nitrogens with zero attached hydrogens (tertiary/aromatic N) is 3. The molecule has 0 aliphatic carbocycles. The SMILES string of the molecule is COc1ccccc1CN1C(=O)[C@H](NC(=O)[C@@H]2C[C@@H](O)CN2C(=O)c2cn(C)c3ccccc23)Cc2ccccc21. The molecule has 0 radical (unpaired) electrons. The Morgan fingerprint density at radius 2 is 1.76 bits per heavy atom. The van der Waals surface area contributed by atoms with Crippen LogP contribution in [0.25, 0.3) is 10.9 Å². The van der Waals surface area contributed by atoms with Crippen LogP contribution in [0.2, 0.25) is 0 Å². The lowest BCUT2D eigenvalue weighted by molar-refractivity contribution is -0.130. The van der Waals surface area contributed by atoms with Crippen molar-refractivity contribution in [2.75, 3.05) is 18.6 Å². The normalized spacial score (nSPS) is 20.3. The van der Waals surface area contributed by atoms with Crippen molar-refractivity contribution in [1.29, 1.82) is 0 Å².